The van der Waals surface area contributed by atoms with Crippen molar-refractivity contribution in [2.45, 2.75) is 51.6 Å². The van der Waals surface area contributed by atoms with E-state index in [-0.39, 0.29) is 12.5 Å². The fourth-order valence-corrected chi connectivity index (χ4v) is 3.99. The van der Waals surface area contributed by atoms with E-state index in [1.54, 1.807) is 18.2 Å². The maximum Gasteiger partial charge on any atom is 0.262 e. The fourth-order valence-electron chi connectivity index (χ4n) is 3.99. The summed E-state index contributed by atoms with van der Waals surface area (Å²) in [6, 6.07) is 15.5. The third kappa shape index (κ3) is 6.47. The molecular weight excluding hydrogens is 390 g/mol. The topological polar surface area (TPSA) is 74.6 Å². The van der Waals surface area contributed by atoms with Crippen molar-refractivity contribution in [1.82, 2.24) is 4.90 Å². The highest BCUT2D eigenvalue weighted by atomic mass is 16.5. The van der Waals surface area contributed by atoms with Gasteiger partial charge in [-0.2, -0.15) is 5.26 Å². The smallest absolute Gasteiger partial charge is 0.262 e. The Kier molecular flexibility index (Phi) is 8.31. The van der Waals surface area contributed by atoms with Crippen molar-refractivity contribution in [3.8, 4) is 17.6 Å². The molecule has 6 nitrogen and oxygen atoms in total. The van der Waals surface area contributed by atoms with Crippen LogP contribution in [0.25, 0.3) is 0 Å². The van der Waals surface area contributed by atoms with Crippen molar-refractivity contribution in [2.75, 3.05) is 25.6 Å². The third-order valence-electron chi connectivity index (χ3n) is 5.64. The first-order valence-corrected chi connectivity index (χ1v) is 11.0. The van der Waals surface area contributed by atoms with E-state index >= 15 is 0 Å². The molecule has 1 aliphatic rings. The van der Waals surface area contributed by atoms with E-state index in [4.69, 9.17) is 14.7 Å². The lowest BCUT2D eigenvalue weighted by atomic mass is 9.94. The first-order chi connectivity index (χ1) is 15.1. The molecule has 1 N–H and O–H groups in total. The molecule has 1 amide bonds. The van der Waals surface area contributed by atoms with Gasteiger partial charge in [0.2, 0.25) is 0 Å². The van der Waals surface area contributed by atoms with Gasteiger partial charge in [-0.15, -0.1) is 0 Å². The van der Waals surface area contributed by atoms with Crippen LogP contribution in [0.3, 0.4) is 0 Å². The molecule has 0 saturated heterocycles. The zero-order chi connectivity index (χ0) is 22.1. The zero-order valence-corrected chi connectivity index (χ0v) is 18.4. The van der Waals surface area contributed by atoms with E-state index in [9.17, 15) is 4.79 Å². The molecule has 2 aromatic carbocycles. The number of nitrogens with zero attached hydrogens (tertiary/aromatic N) is 2. The van der Waals surface area contributed by atoms with Crippen molar-refractivity contribution in [2.24, 2.45) is 0 Å². The van der Waals surface area contributed by atoms with Crippen LogP contribution in [0.4, 0.5) is 5.69 Å². The number of nitriles is 1. The van der Waals surface area contributed by atoms with Crippen LogP contribution < -0.4 is 14.8 Å². The van der Waals surface area contributed by atoms with Gasteiger partial charge in [0.25, 0.3) is 5.91 Å². The van der Waals surface area contributed by atoms with E-state index in [0.717, 1.165) is 17.8 Å². The standard InChI is InChI=1S/C25H31N3O3/c1-3-30-24-15-19(16-26)13-14-23(24)31-18-25(29)27-22-12-8-7-9-20(22)17-28(2)21-10-5-4-6-11-21/h7-9,12-15,21H,3-6,10-11,17-18H2,1-2H3,(H,27,29). The second-order valence-corrected chi connectivity index (χ2v) is 7.91. The number of para-hydroxylation sites is 1. The lowest BCUT2D eigenvalue weighted by molar-refractivity contribution is -0.118. The molecule has 0 atom stereocenters. The molecule has 31 heavy (non-hydrogen) atoms. The number of benzene rings is 2. The molecule has 164 valence electrons. The van der Waals surface area contributed by atoms with Crippen molar-refractivity contribution in [3.05, 3.63) is 53.6 Å². The van der Waals surface area contributed by atoms with E-state index in [1.165, 1.54) is 32.1 Å². The van der Waals surface area contributed by atoms with Gasteiger partial charge in [-0.25, -0.2) is 0 Å². The number of anilines is 1. The Morgan fingerprint density at radius 1 is 1.13 bits per heavy atom. The highest BCUT2D eigenvalue weighted by Gasteiger charge is 2.19. The summed E-state index contributed by atoms with van der Waals surface area (Å²) < 4.78 is 11.2. The summed E-state index contributed by atoms with van der Waals surface area (Å²) in [5, 5.41) is 12.0. The Hall–Kier alpha value is -3.04. The summed E-state index contributed by atoms with van der Waals surface area (Å²) in [5.41, 5.74) is 2.39. The van der Waals surface area contributed by atoms with Crippen molar-refractivity contribution in [3.63, 3.8) is 0 Å². The third-order valence-corrected chi connectivity index (χ3v) is 5.64. The molecule has 1 aliphatic carbocycles. The Balaban J connectivity index is 1.60. The highest BCUT2D eigenvalue weighted by Crippen LogP contribution is 2.28. The van der Waals surface area contributed by atoms with E-state index in [0.29, 0.717) is 29.7 Å². The summed E-state index contributed by atoms with van der Waals surface area (Å²) in [6.45, 7) is 2.96. The van der Waals surface area contributed by atoms with E-state index < -0.39 is 0 Å². The molecule has 0 radical (unpaired) electrons. The Labute approximate surface area is 184 Å². The van der Waals surface area contributed by atoms with Crippen LogP contribution in [-0.2, 0) is 11.3 Å². The van der Waals surface area contributed by atoms with Gasteiger partial charge in [0, 0.05) is 24.3 Å². The minimum Gasteiger partial charge on any atom is -0.490 e. The zero-order valence-electron chi connectivity index (χ0n) is 18.4. The maximum absolute atomic E-state index is 12.6. The normalized spacial score (nSPS) is 14.1. The van der Waals surface area contributed by atoms with Gasteiger partial charge in [0.15, 0.2) is 18.1 Å². The number of carbonyl (C=O) groups excluding carboxylic acids is 1. The number of ether oxygens (including phenoxy) is 2. The molecule has 0 unspecified atom stereocenters. The summed E-state index contributed by atoms with van der Waals surface area (Å²) in [4.78, 5) is 15.0. The number of amides is 1. The molecule has 0 spiro atoms. The number of hydrogen-bond donors (Lipinski definition) is 1. The van der Waals surface area contributed by atoms with Crippen LogP contribution in [0.5, 0.6) is 11.5 Å². The first kappa shape index (κ1) is 22.6. The summed E-state index contributed by atoms with van der Waals surface area (Å²) in [7, 11) is 2.16. The van der Waals surface area contributed by atoms with Crippen molar-refractivity contribution >= 4 is 11.6 Å². The van der Waals surface area contributed by atoms with Crippen LogP contribution in [-0.4, -0.2) is 37.1 Å². The van der Waals surface area contributed by atoms with Gasteiger partial charge >= 0.3 is 0 Å². The fraction of sp³-hybridized carbons (Fsp3) is 0.440. The quantitative estimate of drug-likeness (QED) is 0.633. The number of nitrogens with one attached hydrogen (secondary N) is 1. The first-order valence-electron chi connectivity index (χ1n) is 11.0. The average Bonchev–Trinajstić information content (AvgIpc) is 2.80. The Bertz CT molecular complexity index is 916. The monoisotopic (exact) mass is 421 g/mol. The van der Waals surface area contributed by atoms with Crippen LogP contribution >= 0.6 is 0 Å². The molecular formula is C25H31N3O3. The van der Waals surface area contributed by atoms with Gasteiger partial charge in [-0.1, -0.05) is 37.5 Å². The molecule has 6 heteroatoms. The molecule has 2 aromatic rings. The van der Waals surface area contributed by atoms with Crippen LogP contribution in [0.2, 0.25) is 0 Å². The minimum atomic E-state index is -0.237. The van der Waals surface area contributed by atoms with Gasteiger partial charge < -0.3 is 14.8 Å². The summed E-state index contributed by atoms with van der Waals surface area (Å²) in [6.07, 6.45) is 6.41. The minimum absolute atomic E-state index is 0.140. The Morgan fingerprint density at radius 3 is 2.65 bits per heavy atom. The van der Waals surface area contributed by atoms with Crippen molar-refractivity contribution in [1.29, 1.82) is 5.26 Å². The van der Waals surface area contributed by atoms with Crippen LogP contribution in [0, 0.1) is 11.3 Å². The van der Waals surface area contributed by atoms with Crippen molar-refractivity contribution < 1.29 is 14.3 Å². The van der Waals surface area contributed by atoms with E-state index in [1.807, 2.05) is 25.1 Å². The van der Waals surface area contributed by atoms with Crippen LogP contribution in [0.15, 0.2) is 42.5 Å². The SMILES string of the molecule is CCOc1cc(C#N)ccc1OCC(=O)Nc1ccccc1CN(C)C1CCCCC1. The van der Waals surface area contributed by atoms with Gasteiger partial charge in [-0.05, 0) is 50.6 Å². The lowest BCUT2D eigenvalue weighted by Gasteiger charge is -2.31. The highest BCUT2D eigenvalue weighted by molar-refractivity contribution is 5.92. The summed E-state index contributed by atoms with van der Waals surface area (Å²) in [5.74, 6) is 0.671. The maximum atomic E-state index is 12.6. The molecule has 0 bridgehead atoms. The second kappa shape index (κ2) is 11.4. The molecule has 1 fully saturated rings. The predicted molar refractivity (Wildman–Crippen MR) is 121 cm³/mol. The van der Waals surface area contributed by atoms with Crippen LogP contribution in [0.1, 0.15) is 50.2 Å². The molecule has 1 saturated carbocycles. The van der Waals surface area contributed by atoms with Gasteiger partial charge in [0.05, 0.1) is 18.2 Å². The van der Waals surface area contributed by atoms with Gasteiger partial charge in [0.1, 0.15) is 0 Å². The molecule has 0 aliphatic heterocycles. The number of rotatable bonds is 9. The van der Waals surface area contributed by atoms with E-state index in [2.05, 4.69) is 29.4 Å². The van der Waals surface area contributed by atoms with Gasteiger partial charge in [-0.3, -0.25) is 9.69 Å². The number of hydrogen-bond acceptors (Lipinski definition) is 5. The summed E-state index contributed by atoms with van der Waals surface area (Å²) >= 11 is 0. The molecule has 3 rings (SSSR count). The second-order valence-electron chi connectivity index (χ2n) is 7.91. The lowest BCUT2D eigenvalue weighted by Crippen LogP contribution is -2.33. The molecule has 0 aromatic heterocycles. The predicted octanol–water partition coefficient (Wildman–Crippen LogP) is 4.74. The largest absolute Gasteiger partial charge is 0.490 e. The average molecular weight is 422 g/mol. The Morgan fingerprint density at radius 2 is 1.90 bits per heavy atom. The molecule has 0 heterocycles. The number of carbonyl (C=O) groups is 1.